The van der Waals surface area contributed by atoms with Crippen LogP contribution in [0.2, 0.25) is 0 Å². The van der Waals surface area contributed by atoms with Crippen molar-refractivity contribution >= 4 is 11.6 Å². The van der Waals surface area contributed by atoms with Gasteiger partial charge in [0.25, 0.3) is 0 Å². The Morgan fingerprint density at radius 2 is 2.29 bits per heavy atom. The molecule has 0 saturated carbocycles. The molecule has 8 nitrogen and oxygen atoms in total. The molecule has 0 unspecified atom stereocenters. The van der Waals surface area contributed by atoms with Gasteiger partial charge in [0.15, 0.2) is 0 Å². The molecule has 0 aliphatic rings. The standard InChI is InChI=1S/C9H10N6O2/c10-13-8-2-1-7(3-11-8)4-14-5-9(12-6-14)15(16)17/h1-3,5-6H,4,10H2,(H,11,13). The zero-order chi connectivity index (χ0) is 12.3. The highest BCUT2D eigenvalue weighted by Crippen LogP contribution is 2.09. The number of hydrogen-bond donors (Lipinski definition) is 2. The Labute approximate surface area is 96.2 Å². The van der Waals surface area contributed by atoms with Gasteiger partial charge in [-0.05, 0) is 21.5 Å². The zero-order valence-electron chi connectivity index (χ0n) is 8.78. The highest BCUT2D eigenvalue weighted by Gasteiger charge is 2.09. The first-order chi connectivity index (χ1) is 8.19. The Hall–Kier alpha value is -2.48. The van der Waals surface area contributed by atoms with E-state index in [9.17, 15) is 10.1 Å². The third kappa shape index (κ3) is 2.55. The molecule has 0 fully saturated rings. The average Bonchev–Trinajstić information content (AvgIpc) is 2.79. The fourth-order valence-corrected chi connectivity index (χ4v) is 1.34. The van der Waals surface area contributed by atoms with E-state index in [2.05, 4.69) is 15.4 Å². The molecule has 0 aliphatic carbocycles. The quantitative estimate of drug-likeness (QED) is 0.453. The van der Waals surface area contributed by atoms with Crippen molar-refractivity contribution in [2.45, 2.75) is 6.54 Å². The van der Waals surface area contributed by atoms with E-state index < -0.39 is 4.92 Å². The largest absolute Gasteiger partial charge is 0.381 e. The molecule has 88 valence electrons. The molecule has 0 aliphatic heterocycles. The minimum Gasteiger partial charge on any atom is -0.358 e. The maximum atomic E-state index is 10.4. The number of nitrogens with zero attached hydrogens (tertiary/aromatic N) is 4. The molecule has 0 atom stereocenters. The number of anilines is 1. The smallest absolute Gasteiger partial charge is 0.358 e. The Kier molecular flexibility index (Phi) is 2.97. The molecular formula is C9H10N6O2. The predicted molar refractivity (Wildman–Crippen MR) is 60.0 cm³/mol. The summed E-state index contributed by atoms with van der Waals surface area (Å²) in [7, 11) is 0. The van der Waals surface area contributed by atoms with Gasteiger partial charge in [-0.3, -0.25) is 0 Å². The van der Waals surface area contributed by atoms with Crippen LogP contribution in [0.15, 0.2) is 30.9 Å². The van der Waals surface area contributed by atoms with Crippen molar-refractivity contribution in [2.75, 3.05) is 5.43 Å². The molecule has 0 radical (unpaired) electrons. The predicted octanol–water partition coefficient (Wildman–Crippen LogP) is 0.520. The number of rotatable bonds is 4. The van der Waals surface area contributed by atoms with Crippen LogP contribution in [-0.4, -0.2) is 19.5 Å². The maximum absolute atomic E-state index is 10.4. The number of nitrogen functional groups attached to an aromatic ring is 1. The van der Waals surface area contributed by atoms with Crippen LogP contribution in [0.25, 0.3) is 0 Å². The topological polar surface area (TPSA) is 112 Å². The van der Waals surface area contributed by atoms with Crippen LogP contribution in [-0.2, 0) is 6.54 Å². The van der Waals surface area contributed by atoms with E-state index in [1.807, 2.05) is 6.07 Å². The second-order valence-corrected chi connectivity index (χ2v) is 3.36. The fourth-order valence-electron chi connectivity index (χ4n) is 1.34. The SMILES string of the molecule is NNc1ccc(Cn2cnc([N+](=O)[O-])c2)cn1. The lowest BCUT2D eigenvalue weighted by molar-refractivity contribution is -0.389. The summed E-state index contributed by atoms with van der Waals surface area (Å²) in [5, 5.41) is 10.4. The molecule has 0 spiro atoms. The summed E-state index contributed by atoms with van der Waals surface area (Å²) in [5.74, 6) is 5.58. The first-order valence-electron chi connectivity index (χ1n) is 4.77. The minimum atomic E-state index is -0.532. The number of nitro groups is 1. The van der Waals surface area contributed by atoms with Crippen molar-refractivity contribution in [1.82, 2.24) is 14.5 Å². The molecule has 2 aromatic rings. The zero-order valence-corrected chi connectivity index (χ0v) is 8.78. The summed E-state index contributed by atoms with van der Waals surface area (Å²) >= 11 is 0. The molecule has 17 heavy (non-hydrogen) atoms. The second kappa shape index (κ2) is 4.58. The molecule has 0 aromatic carbocycles. The molecular weight excluding hydrogens is 224 g/mol. The average molecular weight is 234 g/mol. The molecule has 2 rings (SSSR count). The van der Waals surface area contributed by atoms with E-state index in [4.69, 9.17) is 5.84 Å². The van der Waals surface area contributed by atoms with Gasteiger partial charge in [0.2, 0.25) is 6.33 Å². The normalized spacial score (nSPS) is 10.2. The van der Waals surface area contributed by atoms with Gasteiger partial charge in [0.05, 0.1) is 6.54 Å². The lowest BCUT2D eigenvalue weighted by Crippen LogP contribution is -2.08. The molecule has 0 amide bonds. The summed E-state index contributed by atoms with van der Waals surface area (Å²) in [5.41, 5.74) is 3.32. The van der Waals surface area contributed by atoms with Crippen molar-refractivity contribution in [2.24, 2.45) is 5.84 Å². The Bertz CT molecular complexity index is 521. The van der Waals surface area contributed by atoms with E-state index in [1.165, 1.54) is 12.5 Å². The maximum Gasteiger partial charge on any atom is 0.381 e. The number of hydrogen-bond acceptors (Lipinski definition) is 6. The van der Waals surface area contributed by atoms with Crippen molar-refractivity contribution in [3.8, 4) is 0 Å². The second-order valence-electron chi connectivity index (χ2n) is 3.36. The first kappa shape index (κ1) is 11.0. The van der Waals surface area contributed by atoms with Crippen LogP contribution < -0.4 is 11.3 Å². The van der Waals surface area contributed by atoms with E-state index in [0.29, 0.717) is 12.4 Å². The monoisotopic (exact) mass is 234 g/mol. The first-order valence-corrected chi connectivity index (χ1v) is 4.77. The van der Waals surface area contributed by atoms with E-state index in [-0.39, 0.29) is 5.82 Å². The number of aromatic nitrogens is 3. The number of imidazole rings is 1. The van der Waals surface area contributed by atoms with Crippen LogP contribution in [0.1, 0.15) is 5.56 Å². The van der Waals surface area contributed by atoms with Gasteiger partial charge in [0.1, 0.15) is 12.0 Å². The minimum absolute atomic E-state index is 0.168. The molecule has 0 bridgehead atoms. The van der Waals surface area contributed by atoms with Gasteiger partial charge in [-0.1, -0.05) is 6.07 Å². The number of nitrogens with two attached hydrogens (primary N) is 1. The van der Waals surface area contributed by atoms with Crippen LogP contribution >= 0.6 is 0 Å². The molecule has 3 N–H and O–H groups in total. The Morgan fingerprint density at radius 3 is 2.82 bits per heavy atom. The lowest BCUT2D eigenvalue weighted by atomic mass is 10.3. The van der Waals surface area contributed by atoms with Gasteiger partial charge >= 0.3 is 5.82 Å². The summed E-state index contributed by atoms with van der Waals surface area (Å²) < 4.78 is 1.62. The number of pyridine rings is 1. The van der Waals surface area contributed by atoms with Crippen molar-refractivity contribution in [3.63, 3.8) is 0 Å². The van der Waals surface area contributed by atoms with Crippen LogP contribution in [0, 0.1) is 10.1 Å². The number of nitrogens with one attached hydrogen (secondary N) is 1. The van der Waals surface area contributed by atoms with Gasteiger partial charge in [0, 0.05) is 6.20 Å². The van der Waals surface area contributed by atoms with Crippen LogP contribution in [0.5, 0.6) is 0 Å². The molecule has 2 aromatic heterocycles. The summed E-state index contributed by atoms with van der Waals surface area (Å²) in [4.78, 5) is 17.6. The highest BCUT2D eigenvalue weighted by molar-refractivity contribution is 5.33. The highest BCUT2D eigenvalue weighted by atomic mass is 16.6. The van der Waals surface area contributed by atoms with E-state index in [0.717, 1.165) is 5.56 Å². The summed E-state index contributed by atoms with van der Waals surface area (Å²) in [6.07, 6.45) is 4.42. The van der Waals surface area contributed by atoms with Gasteiger partial charge in [-0.25, -0.2) is 10.8 Å². The van der Waals surface area contributed by atoms with Gasteiger partial charge < -0.3 is 20.1 Å². The summed E-state index contributed by atoms with van der Waals surface area (Å²) in [6, 6.07) is 3.55. The molecule has 8 heteroatoms. The van der Waals surface area contributed by atoms with Gasteiger partial charge in [-0.2, -0.15) is 0 Å². The van der Waals surface area contributed by atoms with Crippen LogP contribution in [0.3, 0.4) is 0 Å². The van der Waals surface area contributed by atoms with Crippen LogP contribution in [0.4, 0.5) is 11.6 Å². The third-order valence-electron chi connectivity index (χ3n) is 2.14. The Morgan fingerprint density at radius 1 is 1.47 bits per heavy atom. The fraction of sp³-hybridized carbons (Fsp3) is 0.111. The summed E-state index contributed by atoms with van der Waals surface area (Å²) in [6.45, 7) is 0.471. The molecule has 0 saturated heterocycles. The number of hydrazine groups is 1. The lowest BCUT2D eigenvalue weighted by Gasteiger charge is -2.02. The van der Waals surface area contributed by atoms with E-state index in [1.54, 1.807) is 16.8 Å². The Balaban J connectivity index is 2.11. The van der Waals surface area contributed by atoms with Crippen molar-refractivity contribution in [1.29, 1.82) is 0 Å². The third-order valence-corrected chi connectivity index (χ3v) is 2.14. The van der Waals surface area contributed by atoms with E-state index >= 15 is 0 Å². The van der Waals surface area contributed by atoms with Crippen molar-refractivity contribution < 1.29 is 4.92 Å². The molecule has 2 heterocycles. The van der Waals surface area contributed by atoms with Gasteiger partial charge in [-0.15, -0.1) is 0 Å². The van der Waals surface area contributed by atoms with Crippen molar-refractivity contribution in [3.05, 3.63) is 46.5 Å².